The molecule has 1 aliphatic rings. The molecule has 3 N–H and O–H groups in total. The van der Waals surface area contributed by atoms with Crippen LogP contribution in [0, 0.1) is 5.41 Å². The summed E-state index contributed by atoms with van der Waals surface area (Å²) >= 11 is 0. The second-order valence-electron chi connectivity index (χ2n) is 6.59. The van der Waals surface area contributed by atoms with Crippen LogP contribution in [-0.4, -0.2) is 42.4 Å². The Morgan fingerprint density at radius 1 is 1.26 bits per heavy atom. The highest BCUT2D eigenvalue weighted by atomic mass is 16.2. The molecular formula is C14H27N3O2. The Morgan fingerprint density at radius 3 is 2.37 bits per heavy atom. The average Bonchev–Trinajstić information content (AvgIpc) is 2.76. The van der Waals surface area contributed by atoms with Crippen LogP contribution >= 0.6 is 0 Å². The summed E-state index contributed by atoms with van der Waals surface area (Å²) in [4.78, 5) is 25.2. The van der Waals surface area contributed by atoms with Crippen molar-refractivity contribution in [3.63, 3.8) is 0 Å². The maximum Gasteiger partial charge on any atom is 0.241 e. The first-order chi connectivity index (χ1) is 8.78. The van der Waals surface area contributed by atoms with Crippen LogP contribution in [0.15, 0.2) is 0 Å². The van der Waals surface area contributed by atoms with E-state index < -0.39 is 0 Å². The first-order valence-corrected chi connectivity index (χ1v) is 7.08. The molecule has 2 amide bonds. The first kappa shape index (κ1) is 16.0. The van der Waals surface area contributed by atoms with E-state index in [1.54, 1.807) is 4.90 Å². The van der Waals surface area contributed by atoms with E-state index in [0.717, 1.165) is 32.4 Å². The molecular weight excluding hydrogens is 242 g/mol. The summed E-state index contributed by atoms with van der Waals surface area (Å²) in [5.74, 6) is -0.125. The molecule has 0 spiro atoms. The van der Waals surface area contributed by atoms with E-state index >= 15 is 0 Å². The van der Waals surface area contributed by atoms with Crippen LogP contribution in [0.3, 0.4) is 0 Å². The van der Waals surface area contributed by atoms with Crippen LogP contribution in [0.4, 0.5) is 0 Å². The van der Waals surface area contributed by atoms with Crippen molar-refractivity contribution in [1.29, 1.82) is 0 Å². The van der Waals surface area contributed by atoms with Gasteiger partial charge in [-0.3, -0.25) is 9.59 Å². The van der Waals surface area contributed by atoms with Gasteiger partial charge >= 0.3 is 0 Å². The molecule has 5 heteroatoms. The largest absolute Gasteiger partial charge is 0.347 e. The van der Waals surface area contributed by atoms with E-state index in [0.29, 0.717) is 0 Å². The number of rotatable bonds is 5. The Labute approximate surface area is 115 Å². The van der Waals surface area contributed by atoms with Gasteiger partial charge in [0, 0.05) is 25.6 Å². The fourth-order valence-electron chi connectivity index (χ4n) is 2.42. The third-order valence-electron chi connectivity index (χ3n) is 3.22. The van der Waals surface area contributed by atoms with E-state index in [1.165, 1.54) is 0 Å². The Balaban J connectivity index is 2.22. The van der Waals surface area contributed by atoms with E-state index in [-0.39, 0.29) is 36.2 Å². The van der Waals surface area contributed by atoms with Crippen molar-refractivity contribution in [2.45, 2.75) is 52.5 Å². The summed E-state index contributed by atoms with van der Waals surface area (Å²) in [7, 11) is 0. The zero-order valence-corrected chi connectivity index (χ0v) is 12.4. The molecule has 0 saturated carbocycles. The Kier molecular flexibility index (Phi) is 5.79. The Morgan fingerprint density at radius 2 is 1.84 bits per heavy atom. The molecule has 0 aliphatic carbocycles. The third-order valence-corrected chi connectivity index (χ3v) is 3.22. The summed E-state index contributed by atoms with van der Waals surface area (Å²) in [6, 6.07) is -0.151. The molecule has 1 heterocycles. The summed E-state index contributed by atoms with van der Waals surface area (Å²) in [5.41, 5.74) is 6.05. The second-order valence-corrected chi connectivity index (χ2v) is 6.59. The molecule has 0 aromatic heterocycles. The van der Waals surface area contributed by atoms with Crippen LogP contribution < -0.4 is 11.1 Å². The number of nitrogens with one attached hydrogen (secondary N) is 1. The quantitative estimate of drug-likeness (QED) is 0.778. The van der Waals surface area contributed by atoms with Crippen LogP contribution in [0.1, 0.15) is 46.5 Å². The van der Waals surface area contributed by atoms with Gasteiger partial charge in [0.15, 0.2) is 0 Å². The Bertz CT molecular complexity index is 317. The summed E-state index contributed by atoms with van der Waals surface area (Å²) < 4.78 is 0. The van der Waals surface area contributed by atoms with Crippen molar-refractivity contribution < 1.29 is 9.59 Å². The number of hydrogen-bond donors (Lipinski definition) is 2. The molecule has 1 saturated heterocycles. The predicted molar refractivity (Wildman–Crippen MR) is 75.5 cm³/mol. The van der Waals surface area contributed by atoms with Crippen LogP contribution in [0.5, 0.6) is 0 Å². The van der Waals surface area contributed by atoms with E-state index in [4.69, 9.17) is 5.73 Å². The molecule has 0 aromatic carbocycles. The lowest BCUT2D eigenvalue weighted by Gasteiger charge is -2.22. The number of nitrogens with two attached hydrogens (primary N) is 1. The fraction of sp³-hybridized carbons (Fsp3) is 0.857. The third kappa shape index (κ3) is 6.57. The summed E-state index contributed by atoms with van der Waals surface area (Å²) in [6.07, 6.45) is 3.21. The number of amides is 2. The SMILES string of the molecule is CC(C)(C)CC(N)CC(=O)NCC(=O)N1CCCC1. The van der Waals surface area contributed by atoms with Gasteiger partial charge in [-0.1, -0.05) is 20.8 Å². The number of carbonyl (C=O) groups excluding carboxylic acids is 2. The van der Waals surface area contributed by atoms with Crippen LogP contribution in [0.2, 0.25) is 0 Å². The molecule has 19 heavy (non-hydrogen) atoms. The molecule has 0 aromatic rings. The van der Waals surface area contributed by atoms with Gasteiger partial charge in [-0.15, -0.1) is 0 Å². The number of nitrogens with zero attached hydrogens (tertiary/aromatic N) is 1. The first-order valence-electron chi connectivity index (χ1n) is 7.08. The van der Waals surface area contributed by atoms with Crippen molar-refractivity contribution >= 4 is 11.8 Å². The van der Waals surface area contributed by atoms with Gasteiger partial charge in [-0.05, 0) is 24.7 Å². The molecule has 1 fully saturated rings. The van der Waals surface area contributed by atoms with Gasteiger partial charge in [0.1, 0.15) is 0 Å². The lowest BCUT2D eigenvalue weighted by atomic mass is 9.87. The molecule has 1 atom stereocenters. The number of hydrogen-bond acceptors (Lipinski definition) is 3. The molecule has 0 bridgehead atoms. The van der Waals surface area contributed by atoms with Gasteiger partial charge in [-0.25, -0.2) is 0 Å². The lowest BCUT2D eigenvalue weighted by Crippen LogP contribution is -2.40. The highest BCUT2D eigenvalue weighted by Gasteiger charge is 2.20. The van der Waals surface area contributed by atoms with Crippen molar-refractivity contribution in [3.05, 3.63) is 0 Å². The minimum absolute atomic E-state index is 0.00948. The summed E-state index contributed by atoms with van der Waals surface area (Å²) in [6.45, 7) is 8.03. The van der Waals surface area contributed by atoms with Gasteiger partial charge in [0.05, 0.1) is 6.54 Å². The van der Waals surface area contributed by atoms with E-state index in [9.17, 15) is 9.59 Å². The molecule has 5 nitrogen and oxygen atoms in total. The normalized spacial score (nSPS) is 17.4. The van der Waals surface area contributed by atoms with Gasteiger partial charge in [-0.2, -0.15) is 0 Å². The minimum Gasteiger partial charge on any atom is -0.347 e. The van der Waals surface area contributed by atoms with Crippen molar-refractivity contribution in [2.24, 2.45) is 11.1 Å². The fourth-order valence-corrected chi connectivity index (χ4v) is 2.42. The molecule has 0 radical (unpaired) electrons. The van der Waals surface area contributed by atoms with Crippen LogP contribution in [0.25, 0.3) is 0 Å². The average molecular weight is 269 g/mol. The van der Waals surface area contributed by atoms with Gasteiger partial charge < -0.3 is 16.0 Å². The topological polar surface area (TPSA) is 75.4 Å². The number of likely N-dealkylation sites (tertiary alicyclic amines) is 1. The molecule has 1 rings (SSSR count). The van der Waals surface area contributed by atoms with Crippen molar-refractivity contribution in [1.82, 2.24) is 10.2 Å². The lowest BCUT2D eigenvalue weighted by molar-refractivity contribution is -0.132. The second kappa shape index (κ2) is 6.89. The van der Waals surface area contributed by atoms with E-state index in [2.05, 4.69) is 26.1 Å². The summed E-state index contributed by atoms with van der Waals surface area (Å²) in [5, 5.41) is 2.67. The minimum atomic E-state index is -0.151. The zero-order chi connectivity index (χ0) is 14.5. The Hall–Kier alpha value is -1.10. The predicted octanol–water partition coefficient (Wildman–Crippen LogP) is 0.879. The van der Waals surface area contributed by atoms with Crippen molar-refractivity contribution in [2.75, 3.05) is 19.6 Å². The standard InChI is InChI=1S/C14H27N3O2/c1-14(2,3)9-11(15)8-12(18)16-10-13(19)17-6-4-5-7-17/h11H,4-10,15H2,1-3H3,(H,16,18). The molecule has 1 aliphatic heterocycles. The zero-order valence-electron chi connectivity index (χ0n) is 12.4. The molecule has 110 valence electrons. The highest BCUT2D eigenvalue weighted by Crippen LogP contribution is 2.20. The number of carbonyl (C=O) groups is 2. The maximum atomic E-state index is 11.7. The maximum absolute atomic E-state index is 11.7. The van der Waals surface area contributed by atoms with Gasteiger partial charge in [0.2, 0.25) is 11.8 Å². The monoisotopic (exact) mass is 269 g/mol. The molecule has 1 unspecified atom stereocenters. The van der Waals surface area contributed by atoms with Crippen LogP contribution in [-0.2, 0) is 9.59 Å². The van der Waals surface area contributed by atoms with E-state index in [1.807, 2.05) is 0 Å². The van der Waals surface area contributed by atoms with Gasteiger partial charge in [0.25, 0.3) is 0 Å². The highest BCUT2D eigenvalue weighted by molar-refractivity contribution is 5.85. The van der Waals surface area contributed by atoms with Crippen molar-refractivity contribution in [3.8, 4) is 0 Å². The smallest absolute Gasteiger partial charge is 0.241 e.